The van der Waals surface area contributed by atoms with Crippen LogP contribution in [0.1, 0.15) is 42.4 Å². The molecule has 1 N–H and O–H groups in total. The molecule has 1 nitrogen and oxygen atoms in total. The van der Waals surface area contributed by atoms with Crippen LogP contribution in [0.5, 0.6) is 0 Å². The number of nitrogens with one attached hydrogen (secondary N) is 1. The van der Waals surface area contributed by atoms with Gasteiger partial charge in [-0.3, -0.25) is 0 Å². The van der Waals surface area contributed by atoms with E-state index < -0.39 is 0 Å². The number of aryl methyl sites for hydroxylation is 1. The zero-order chi connectivity index (χ0) is 11.8. The van der Waals surface area contributed by atoms with Crippen molar-refractivity contribution in [3.8, 4) is 0 Å². The predicted octanol–water partition coefficient (Wildman–Crippen LogP) is 3.97. The zero-order valence-electron chi connectivity index (χ0n) is 10.9. The summed E-state index contributed by atoms with van der Waals surface area (Å²) in [6.07, 6.45) is 6.02. The third-order valence-corrected chi connectivity index (χ3v) is 5.83. The second kappa shape index (κ2) is 4.74. The lowest BCUT2D eigenvalue weighted by Gasteiger charge is -2.28. The van der Waals surface area contributed by atoms with Crippen molar-refractivity contribution in [3.05, 3.63) is 21.9 Å². The SMILES string of the molecule is Cc1ccc(CN[C@H](C)[C@H]2C[C@H]3CC[C@H]2C3)s1. The van der Waals surface area contributed by atoms with Crippen molar-refractivity contribution in [1.82, 2.24) is 5.32 Å². The van der Waals surface area contributed by atoms with Crippen LogP contribution in [0.25, 0.3) is 0 Å². The van der Waals surface area contributed by atoms with Gasteiger partial charge in [-0.1, -0.05) is 6.42 Å². The molecular weight excluding hydrogens is 226 g/mol. The second-order valence-electron chi connectivity index (χ2n) is 6.02. The van der Waals surface area contributed by atoms with Crippen LogP contribution in [0.3, 0.4) is 0 Å². The topological polar surface area (TPSA) is 12.0 Å². The molecule has 0 unspecified atom stereocenters. The Hall–Kier alpha value is -0.340. The van der Waals surface area contributed by atoms with Crippen molar-refractivity contribution in [3.63, 3.8) is 0 Å². The highest BCUT2D eigenvalue weighted by atomic mass is 32.1. The van der Waals surface area contributed by atoms with E-state index in [0.717, 1.165) is 24.3 Å². The highest BCUT2D eigenvalue weighted by molar-refractivity contribution is 7.11. The van der Waals surface area contributed by atoms with E-state index in [9.17, 15) is 0 Å². The lowest BCUT2D eigenvalue weighted by Crippen LogP contribution is -2.35. The van der Waals surface area contributed by atoms with E-state index in [-0.39, 0.29) is 0 Å². The van der Waals surface area contributed by atoms with Crippen LogP contribution in [0.2, 0.25) is 0 Å². The Morgan fingerprint density at radius 1 is 1.35 bits per heavy atom. The summed E-state index contributed by atoms with van der Waals surface area (Å²) in [4.78, 5) is 2.91. The Labute approximate surface area is 109 Å². The molecule has 2 aliphatic rings. The Morgan fingerprint density at radius 3 is 2.82 bits per heavy atom. The molecule has 0 saturated heterocycles. The molecule has 1 heterocycles. The summed E-state index contributed by atoms with van der Waals surface area (Å²) in [6, 6.07) is 5.19. The number of hydrogen-bond donors (Lipinski definition) is 1. The Kier molecular flexibility index (Phi) is 3.27. The fourth-order valence-corrected chi connectivity index (χ4v) is 4.74. The molecule has 2 bridgehead atoms. The lowest BCUT2D eigenvalue weighted by molar-refractivity contribution is 0.260. The Balaban J connectivity index is 1.52. The maximum absolute atomic E-state index is 3.75. The number of fused-ring (bicyclic) bond motifs is 2. The molecule has 94 valence electrons. The molecule has 2 saturated carbocycles. The van der Waals surface area contributed by atoms with Crippen molar-refractivity contribution < 1.29 is 0 Å². The Morgan fingerprint density at radius 2 is 2.24 bits per heavy atom. The van der Waals surface area contributed by atoms with E-state index in [2.05, 4.69) is 31.3 Å². The van der Waals surface area contributed by atoms with Crippen LogP contribution in [0, 0.1) is 24.7 Å². The fraction of sp³-hybridized carbons (Fsp3) is 0.733. The van der Waals surface area contributed by atoms with Crippen molar-refractivity contribution in [2.75, 3.05) is 0 Å². The van der Waals surface area contributed by atoms with Crippen LogP contribution < -0.4 is 5.32 Å². The van der Waals surface area contributed by atoms with Crippen LogP contribution >= 0.6 is 11.3 Å². The molecular formula is C15H23NS. The molecule has 0 aliphatic heterocycles. The first-order valence-corrected chi connectivity index (χ1v) is 7.82. The molecule has 3 rings (SSSR count). The summed E-state index contributed by atoms with van der Waals surface area (Å²) in [5, 5.41) is 3.75. The van der Waals surface area contributed by atoms with Crippen LogP contribution in [0.4, 0.5) is 0 Å². The van der Waals surface area contributed by atoms with Crippen molar-refractivity contribution in [2.45, 2.75) is 52.1 Å². The molecule has 0 amide bonds. The standard InChI is InChI=1S/C15H23NS/c1-10-3-6-14(17-10)9-16-11(2)15-8-12-4-5-13(15)7-12/h3,6,11-13,15-16H,4-5,7-9H2,1-2H3/t11-,12+,13+,15-/m1/s1. The van der Waals surface area contributed by atoms with Gasteiger partial charge in [-0.05, 0) is 63.0 Å². The summed E-state index contributed by atoms with van der Waals surface area (Å²) >= 11 is 1.93. The summed E-state index contributed by atoms with van der Waals surface area (Å²) in [5.74, 6) is 3.06. The van der Waals surface area contributed by atoms with Gasteiger partial charge in [-0.15, -0.1) is 11.3 Å². The summed E-state index contributed by atoms with van der Waals surface area (Å²) in [5.41, 5.74) is 0. The van der Waals surface area contributed by atoms with E-state index >= 15 is 0 Å². The summed E-state index contributed by atoms with van der Waals surface area (Å²) < 4.78 is 0. The second-order valence-corrected chi connectivity index (χ2v) is 7.39. The molecule has 1 aromatic heterocycles. The first kappa shape index (κ1) is 11.7. The van der Waals surface area contributed by atoms with Crippen molar-refractivity contribution >= 4 is 11.3 Å². The molecule has 0 aromatic carbocycles. The van der Waals surface area contributed by atoms with Gasteiger partial charge in [0.2, 0.25) is 0 Å². The minimum absolute atomic E-state index is 0.702. The van der Waals surface area contributed by atoms with E-state index in [1.807, 2.05) is 11.3 Å². The molecule has 2 heteroatoms. The highest BCUT2D eigenvalue weighted by Gasteiger charge is 2.41. The first-order valence-electron chi connectivity index (χ1n) is 7.01. The first-order chi connectivity index (χ1) is 8.22. The van der Waals surface area contributed by atoms with Crippen LogP contribution in [-0.2, 0) is 6.54 Å². The molecule has 2 fully saturated rings. The largest absolute Gasteiger partial charge is 0.309 e. The van der Waals surface area contributed by atoms with Gasteiger partial charge in [0.15, 0.2) is 0 Å². The van der Waals surface area contributed by atoms with Gasteiger partial charge in [0, 0.05) is 22.3 Å². The predicted molar refractivity (Wildman–Crippen MR) is 74.3 cm³/mol. The number of hydrogen-bond acceptors (Lipinski definition) is 2. The minimum Gasteiger partial charge on any atom is -0.309 e. The molecule has 0 spiro atoms. The van der Waals surface area contributed by atoms with Gasteiger partial charge in [-0.25, -0.2) is 0 Å². The average molecular weight is 249 g/mol. The van der Waals surface area contributed by atoms with Crippen molar-refractivity contribution in [2.24, 2.45) is 17.8 Å². The molecule has 1 aromatic rings. The monoisotopic (exact) mass is 249 g/mol. The summed E-state index contributed by atoms with van der Waals surface area (Å²) in [7, 11) is 0. The third kappa shape index (κ3) is 2.43. The zero-order valence-corrected chi connectivity index (χ0v) is 11.7. The summed E-state index contributed by atoms with van der Waals surface area (Å²) in [6.45, 7) is 5.65. The van der Waals surface area contributed by atoms with E-state index in [4.69, 9.17) is 0 Å². The van der Waals surface area contributed by atoms with Crippen LogP contribution in [0.15, 0.2) is 12.1 Å². The molecule has 2 aliphatic carbocycles. The van der Waals surface area contributed by atoms with Gasteiger partial charge in [-0.2, -0.15) is 0 Å². The third-order valence-electron chi connectivity index (χ3n) is 4.83. The quantitative estimate of drug-likeness (QED) is 0.851. The van der Waals surface area contributed by atoms with E-state index in [1.165, 1.54) is 35.4 Å². The maximum atomic E-state index is 3.75. The van der Waals surface area contributed by atoms with Crippen LogP contribution in [-0.4, -0.2) is 6.04 Å². The minimum atomic E-state index is 0.702. The smallest absolute Gasteiger partial charge is 0.0302 e. The number of thiophene rings is 1. The van der Waals surface area contributed by atoms with E-state index in [1.54, 1.807) is 0 Å². The van der Waals surface area contributed by atoms with Crippen molar-refractivity contribution in [1.29, 1.82) is 0 Å². The lowest BCUT2D eigenvalue weighted by atomic mass is 9.84. The number of rotatable bonds is 4. The van der Waals surface area contributed by atoms with Gasteiger partial charge in [0.25, 0.3) is 0 Å². The van der Waals surface area contributed by atoms with Gasteiger partial charge < -0.3 is 5.32 Å². The highest BCUT2D eigenvalue weighted by Crippen LogP contribution is 2.49. The molecule has 4 atom stereocenters. The fourth-order valence-electron chi connectivity index (χ4n) is 3.90. The normalized spacial score (nSPS) is 33.2. The van der Waals surface area contributed by atoms with Gasteiger partial charge in [0.1, 0.15) is 0 Å². The maximum Gasteiger partial charge on any atom is 0.0302 e. The van der Waals surface area contributed by atoms with E-state index in [0.29, 0.717) is 6.04 Å². The Bertz CT molecular complexity index is 384. The molecule has 0 radical (unpaired) electrons. The molecule has 17 heavy (non-hydrogen) atoms. The van der Waals surface area contributed by atoms with Gasteiger partial charge >= 0.3 is 0 Å². The average Bonchev–Trinajstić information content (AvgIpc) is 3.01. The van der Waals surface area contributed by atoms with Gasteiger partial charge in [0.05, 0.1) is 0 Å².